The number of amides is 1. The van der Waals surface area contributed by atoms with Gasteiger partial charge in [-0.05, 0) is 38.3 Å². The van der Waals surface area contributed by atoms with Crippen molar-refractivity contribution in [1.82, 2.24) is 20.4 Å². The van der Waals surface area contributed by atoms with Crippen LogP contribution in [0.15, 0.2) is 4.99 Å². The van der Waals surface area contributed by atoms with Gasteiger partial charge in [-0.15, -0.1) is 0 Å². The number of rotatable bonds is 7. The van der Waals surface area contributed by atoms with Gasteiger partial charge >= 0.3 is 12.4 Å². The van der Waals surface area contributed by atoms with Crippen molar-refractivity contribution < 1.29 is 31.1 Å². The molecule has 12 heteroatoms. The van der Waals surface area contributed by atoms with Crippen molar-refractivity contribution >= 4 is 11.9 Å². The zero-order valence-corrected chi connectivity index (χ0v) is 16.0. The lowest BCUT2D eigenvalue weighted by Crippen LogP contribution is -2.46. The zero-order chi connectivity index (χ0) is 21.4. The Labute approximate surface area is 160 Å². The highest BCUT2D eigenvalue weighted by molar-refractivity contribution is 5.86. The molecule has 0 aromatic heterocycles. The van der Waals surface area contributed by atoms with Crippen molar-refractivity contribution in [2.24, 2.45) is 10.9 Å². The zero-order valence-electron chi connectivity index (χ0n) is 16.0. The summed E-state index contributed by atoms with van der Waals surface area (Å²) in [5.41, 5.74) is 0. The number of nitrogens with zero attached hydrogens (tertiary/aromatic N) is 3. The maximum Gasteiger partial charge on any atom is 0.406 e. The molecule has 6 nitrogen and oxygen atoms in total. The molecule has 1 saturated heterocycles. The molecule has 1 aliphatic heterocycles. The summed E-state index contributed by atoms with van der Waals surface area (Å²) in [6.07, 6.45) is -6.57. The summed E-state index contributed by atoms with van der Waals surface area (Å²) in [5.74, 6) is -0.157. The Kier molecular flexibility index (Phi) is 9.31. The number of likely N-dealkylation sites (N-methyl/N-ethyl adjacent to an activating group) is 1. The van der Waals surface area contributed by atoms with Gasteiger partial charge in [0.05, 0.1) is 13.1 Å². The summed E-state index contributed by atoms with van der Waals surface area (Å²) < 4.78 is 73.9. The summed E-state index contributed by atoms with van der Waals surface area (Å²) in [6.45, 7) is -1.25. The third-order valence-corrected chi connectivity index (χ3v) is 4.43. The number of hydrogen-bond donors (Lipinski definition) is 2. The van der Waals surface area contributed by atoms with E-state index in [0.717, 1.165) is 13.5 Å². The summed E-state index contributed by atoms with van der Waals surface area (Å²) in [6, 6.07) is 0. The minimum Gasteiger partial charge on any atom is -0.356 e. The van der Waals surface area contributed by atoms with Crippen LogP contribution in [0.4, 0.5) is 26.3 Å². The molecule has 0 atom stereocenters. The first-order valence-corrected chi connectivity index (χ1v) is 8.94. The van der Waals surface area contributed by atoms with E-state index in [9.17, 15) is 31.1 Å². The highest BCUT2D eigenvalue weighted by atomic mass is 19.4. The number of carbonyl (C=O) groups excluding carboxylic acids is 1. The molecular formula is C16H27F6N5O. The number of aliphatic imine (C=N–C) groups is 1. The Morgan fingerprint density at radius 1 is 1.11 bits per heavy atom. The number of nitrogens with one attached hydrogen (secondary N) is 2. The van der Waals surface area contributed by atoms with Crippen LogP contribution < -0.4 is 10.6 Å². The molecular weight excluding hydrogens is 392 g/mol. The molecule has 164 valence electrons. The van der Waals surface area contributed by atoms with Crippen LogP contribution in [0.3, 0.4) is 0 Å². The third kappa shape index (κ3) is 10.6. The first kappa shape index (κ1) is 24.3. The van der Waals surface area contributed by atoms with Crippen LogP contribution in [-0.2, 0) is 4.79 Å². The molecule has 1 aliphatic rings. The van der Waals surface area contributed by atoms with E-state index in [4.69, 9.17) is 0 Å². The molecule has 1 fully saturated rings. The first-order chi connectivity index (χ1) is 12.9. The molecule has 0 aliphatic carbocycles. The minimum absolute atomic E-state index is 0.281. The predicted octanol–water partition coefficient (Wildman–Crippen LogP) is 1.84. The molecule has 0 radical (unpaired) electrons. The molecule has 0 aromatic carbocycles. The molecule has 1 heterocycles. The Hall–Kier alpha value is -1.72. The van der Waals surface area contributed by atoms with E-state index in [-0.39, 0.29) is 18.4 Å². The number of halogens is 6. The summed E-state index contributed by atoms with van der Waals surface area (Å²) >= 11 is 0. The van der Waals surface area contributed by atoms with Gasteiger partial charge in [-0.2, -0.15) is 26.3 Å². The van der Waals surface area contributed by atoms with Gasteiger partial charge in [0.2, 0.25) is 5.91 Å². The van der Waals surface area contributed by atoms with Crippen molar-refractivity contribution in [3.8, 4) is 0 Å². The molecule has 0 saturated carbocycles. The quantitative estimate of drug-likeness (QED) is 0.376. The third-order valence-electron chi connectivity index (χ3n) is 4.43. The van der Waals surface area contributed by atoms with Crippen molar-refractivity contribution in [2.45, 2.75) is 31.6 Å². The Bertz CT molecular complexity index is 515. The lowest BCUT2D eigenvalue weighted by Gasteiger charge is -2.32. The van der Waals surface area contributed by atoms with Gasteiger partial charge < -0.3 is 15.5 Å². The van der Waals surface area contributed by atoms with Crippen molar-refractivity contribution in [1.29, 1.82) is 0 Å². The Morgan fingerprint density at radius 2 is 1.71 bits per heavy atom. The molecule has 0 bridgehead atoms. The summed E-state index contributed by atoms with van der Waals surface area (Å²) in [7, 11) is 2.54. The van der Waals surface area contributed by atoms with Gasteiger partial charge in [-0.25, -0.2) is 0 Å². The second-order valence-electron chi connectivity index (χ2n) is 6.84. The smallest absolute Gasteiger partial charge is 0.356 e. The van der Waals surface area contributed by atoms with E-state index in [1.807, 2.05) is 0 Å². The van der Waals surface area contributed by atoms with Crippen LogP contribution in [0.5, 0.6) is 0 Å². The van der Waals surface area contributed by atoms with E-state index in [0.29, 0.717) is 37.4 Å². The Morgan fingerprint density at radius 3 is 2.21 bits per heavy atom. The molecule has 0 unspecified atom stereocenters. The maximum atomic E-state index is 12.4. The second-order valence-corrected chi connectivity index (χ2v) is 6.84. The van der Waals surface area contributed by atoms with Gasteiger partial charge in [0.1, 0.15) is 6.54 Å². The lowest BCUT2D eigenvalue weighted by molar-refractivity contribution is -0.157. The maximum absolute atomic E-state index is 12.4. The van der Waals surface area contributed by atoms with Crippen LogP contribution >= 0.6 is 0 Å². The van der Waals surface area contributed by atoms with Gasteiger partial charge in [0.25, 0.3) is 0 Å². The number of likely N-dealkylation sites (tertiary alicyclic amines) is 1. The number of piperidine rings is 1. The second kappa shape index (κ2) is 10.7. The highest BCUT2D eigenvalue weighted by Crippen LogP contribution is 2.23. The van der Waals surface area contributed by atoms with Crippen molar-refractivity contribution in [3.63, 3.8) is 0 Å². The van der Waals surface area contributed by atoms with Gasteiger partial charge in [0.15, 0.2) is 5.96 Å². The molecule has 1 rings (SSSR count). The summed E-state index contributed by atoms with van der Waals surface area (Å²) in [4.78, 5) is 17.6. The van der Waals surface area contributed by atoms with Crippen LogP contribution in [0.25, 0.3) is 0 Å². The number of guanidine groups is 1. The highest BCUT2D eigenvalue weighted by Gasteiger charge is 2.32. The average Bonchev–Trinajstić information content (AvgIpc) is 2.56. The molecule has 0 aromatic rings. The number of alkyl halides is 6. The predicted molar refractivity (Wildman–Crippen MR) is 92.9 cm³/mol. The van der Waals surface area contributed by atoms with Gasteiger partial charge in [0, 0.05) is 20.6 Å². The SMILES string of the molecule is CN=C(NCCC1CCN(CC(F)(F)F)CC1)NCC(=O)N(C)CC(F)(F)F. The fraction of sp³-hybridized carbons (Fsp3) is 0.875. The first-order valence-electron chi connectivity index (χ1n) is 8.94. The van der Waals surface area contributed by atoms with Crippen molar-refractivity contribution in [2.75, 3.05) is 53.4 Å². The monoisotopic (exact) mass is 419 g/mol. The van der Waals surface area contributed by atoms with E-state index >= 15 is 0 Å². The summed E-state index contributed by atoms with van der Waals surface area (Å²) in [5, 5.41) is 5.61. The normalized spacial score (nSPS) is 17.5. The molecule has 0 spiro atoms. The molecule has 28 heavy (non-hydrogen) atoms. The van der Waals surface area contributed by atoms with Gasteiger partial charge in [-0.3, -0.25) is 14.7 Å². The Balaban J connectivity index is 2.24. The number of hydrogen-bond acceptors (Lipinski definition) is 3. The molecule has 1 amide bonds. The fourth-order valence-electron chi connectivity index (χ4n) is 2.95. The van der Waals surface area contributed by atoms with Crippen LogP contribution in [0, 0.1) is 5.92 Å². The number of carbonyl (C=O) groups is 1. The molecule has 2 N–H and O–H groups in total. The van der Waals surface area contributed by atoms with Gasteiger partial charge in [-0.1, -0.05) is 0 Å². The minimum atomic E-state index is -4.46. The van der Waals surface area contributed by atoms with E-state index in [2.05, 4.69) is 15.6 Å². The van der Waals surface area contributed by atoms with Crippen molar-refractivity contribution in [3.05, 3.63) is 0 Å². The van der Waals surface area contributed by atoms with E-state index < -0.39 is 31.3 Å². The van der Waals surface area contributed by atoms with Crippen LogP contribution in [0.1, 0.15) is 19.3 Å². The largest absolute Gasteiger partial charge is 0.406 e. The fourth-order valence-corrected chi connectivity index (χ4v) is 2.95. The topological polar surface area (TPSA) is 60.0 Å². The van der Waals surface area contributed by atoms with E-state index in [1.165, 1.54) is 11.9 Å². The van der Waals surface area contributed by atoms with E-state index in [1.54, 1.807) is 0 Å². The van der Waals surface area contributed by atoms with Crippen LogP contribution in [0.2, 0.25) is 0 Å². The van der Waals surface area contributed by atoms with Crippen LogP contribution in [-0.4, -0.2) is 87.4 Å². The lowest BCUT2D eigenvalue weighted by atomic mass is 9.93. The standard InChI is InChI=1S/C16H27F6N5O/c1-23-14(25-9-13(28)26(2)10-15(17,18)19)24-6-3-12-4-7-27(8-5-12)11-16(20,21)22/h12H,3-11H2,1-2H3,(H2,23,24,25). The average molecular weight is 419 g/mol.